The second-order valence-corrected chi connectivity index (χ2v) is 2.89. The van der Waals surface area contributed by atoms with Crippen LogP contribution in [-0.4, -0.2) is 21.9 Å². The van der Waals surface area contributed by atoms with E-state index in [1.807, 2.05) is 25.2 Å². The molecule has 2 N–H and O–H groups in total. The molecule has 0 atom stereocenters. The van der Waals surface area contributed by atoms with E-state index in [4.69, 9.17) is 5.11 Å². The van der Waals surface area contributed by atoms with Gasteiger partial charge in [-0.15, -0.1) is 0 Å². The minimum absolute atomic E-state index is 0.256. The Bertz CT molecular complexity index is 419. The summed E-state index contributed by atoms with van der Waals surface area (Å²) in [6.45, 7) is 0. The van der Waals surface area contributed by atoms with Crippen molar-refractivity contribution >= 4 is 5.82 Å². The molecule has 2 rings (SSSR count). The smallest absolute Gasteiger partial charge is 0.129 e. The quantitative estimate of drug-likeness (QED) is 0.754. The Balaban J connectivity index is 2.44. The Morgan fingerprint density at radius 2 is 1.93 bits per heavy atom. The van der Waals surface area contributed by atoms with Crippen molar-refractivity contribution in [3.8, 4) is 11.4 Å². The van der Waals surface area contributed by atoms with Gasteiger partial charge in [0, 0.05) is 13.1 Å². The van der Waals surface area contributed by atoms with E-state index in [0.717, 1.165) is 11.5 Å². The van der Waals surface area contributed by atoms with Crippen molar-refractivity contribution in [2.45, 2.75) is 0 Å². The van der Waals surface area contributed by atoms with Gasteiger partial charge in [-0.3, -0.25) is 0 Å². The molecule has 14 heavy (non-hydrogen) atoms. The third-order valence-electron chi connectivity index (χ3n) is 1.99. The third-order valence-corrected chi connectivity index (χ3v) is 1.99. The van der Waals surface area contributed by atoms with Crippen LogP contribution in [0.25, 0.3) is 5.69 Å². The lowest BCUT2D eigenvalue weighted by molar-refractivity contribution is 0.475. The van der Waals surface area contributed by atoms with Crippen LogP contribution >= 0.6 is 0 Å². The van der Waals surface area contributed by atoms with Crippen LogP contribution in [0, 0.1) is 0 Å². The monoisotopic (exact) mass is 189 g/mol. The van der Waals surface area contributed by atoms with Crippen LogP contribution in [0.2, 0.25) is 0 Å². The van der Waals surface area contributed by atoms with E-state index in [2.05, 4.69) is 10.4 Å². The lowest BCUT2D eigenvalue weighted by Crippen LogP contribution is -2.01. The second kappa shape index (κ2) is 3.41. The highest BCUT2D eigenvalue weighted by molar-refractivity contribution is 5.45. The first-order valence-corrected chi connectivity index (χ1v) is 4.32. The fraction of sp³-hybridized carbons (Fsp3) is 0.100. The van der Waals surface area contributed by atoms with E-state index >= 15 is 0 Å². The van der Waals surface area contributed by atoms with Crippen molar-refractivity contribution in [1.29, 1.82) is 0 Å². The fourth-order valence-corrected chi connectivity index (χ4v) is 1.29. The zero-order chi connectivity index (χ0) is 9.97. The summed E-state index contributed by atoms with van der Waals surface area (Å²) in [5.74, 6) is 1.17. The number of benzene rings is 1. The Labute approximate surface area is 81.8 Å². The molecule has 2 aromatic rings. The summed E-state index contributed by atoms with van der Waals surface area (Å²) in [7, 11) is 1.84. The highest BCUT2D eigenvalue weighted by Gasteiger charge is 2.01. The van der Waals surface area contributed by atoms with Crippen LogP contribution in [0.3, 0.4) is 0 Å². The van der Waals surface area contributed by atoms with Gasteiger partial charge in [0.25, 0.3) is 0 Å². The summed E-state index contributed by atoms with van der Waals surface area (Å²) in [5, 5.41) is 16.3. The molecule has 0 saturated carbocycles. The summed E-state index contributed by atoms with van der Waals surface area (Å²) in [4.78, 5) is 0. The number of rotatable bonds is 2. The number of nitrogens with zero attached hydrogens (tertiary/aromatic N) is 2. The Hall–Kier alpha value is -1.97. The minimum Gasteiger partial charge on any atom is -0.508 e. The Kier molecular flexibility index (Phi) is 2.10. The van der Waals surface area contributed by atoms with Crippen LogP contribution in [-0.2, 0) is 0 Å². The van der Waals surface area contributed by atoms with Gasteiger partial charge in [-0.1, -0.05) is 0 Å². The topological polar surface area (TPSA) is 50.1 Å². The highest BCUT2D eigenvalue weighted by Crippen LogP contribution is 2.16. The molecule has 0 aliphatic carbocycles. The first-order valence-electron chi connectivity index (χ1n) is 4.32. The fourth-order valence-electron chi connectivity index (χ4n) is 1.29. The molecule has 0 unspecified atom stereocenters. The van der Waals surface area contributed by atoms with E-state index < -0.39 is 0 Å². The normalized spacial score (nSPS) is 10.1. The van der Waals surface area contributed by atoms with Crippen molar-refractivity contribution in [3.63, 3.8) is 0 Å². The molecule has 0 aliphatic rings. The molecule has 1 aromatic carbocycles. The van der Waals surface area contributed by atoms with Gasteiger partial charge in [-0.25, -0.2) is 4.68 Å². The van der Waals surface area contributed by atoms with Crippen LogP contribution < -0.4 is 5.32 Å². The van der Waals surface area contributed by atoms with E-state index in [0.29, 0.717) is 0 Å². The third kappa shape index (κ3) is 1.42. The largest absolute Gasteiger partial charge is 0.508 e. The summed E-state index contributed by atoms with van der Waals surface area (Å²) in [5.41, 5.74) is 0.914. The number of phenols is 1. The summed E-state index contributed by atoms with van der Waals surface area (Å²) in [6, 6.07) is 8.77. The molecule has 1 aromatic heterocycles. The maximum atomic E-state index is 9.14. The summed E-state index contributed by atoms with van der Waals surface area (Å²) >= 11 is 0. The molecule has 0 spiro atoms. The number of phenolic OH excluding ortho intramolecular Hbond substituents is 1. The summed E-state index contributed by atoms with van der Waals surface area (Å²) in [6.07, 6.45) is 1.72. The SMILES string of the molecule is CNc1ccnn1-c1ccc(O)cc1. The predicted octanol–water partition coefficient (Wildman–Crippen LogP) is 1.62. The molecule has 0 aliphatic heterocycles. The van der Waals surface area contributed by atoms with Crippen LogP contribution in [0.4, 0.5) is 5.82 Å². The van der Waals surface area contributed by atoms with E-state index in [1.54, 1.807) is 23.0 Å². The van der Waals surface area contributed by atoms with Gasteiger partial charge in [0.05, 0.1) is 11.9 Å². The van der Waals surface area contributed by atoms with E-state index in [1.165, 1.54) is 0 Å². The first kappa shape index (κ1) is 8.62. The number of aromatic nitrogens is 2. The maximum absolute atomic E-state index is 9.14. The molecule has 0 radical (unpaired) electrons. The van der Waals surface area contributed by atoms with Crippen LogP contribution in [0.1, 0.15) is 0 Å². The molecular weight excluding hydrogens is 178 g/mol. The van der Waals surface area contributed by atoms with Crippen molar-refractivity contribution in [2.24, 2.45) is 0 Å². The molecule has 0 fully saturated rings. The lowest BCUT2D eigenvalue weighted by atomic mass is 10.3. The second-order valence-electron chi connectivity index (χ2n) is 2.89. The van der Waals surface area contributed by atoms with Gasteiger partial charge in [0.15, 0.2) is 0 Å². The Morgan fingerprint density at radius 3 is 2.57 bits per heavy atom. The molecule has 0 amide bonds. The molecule has 1 heterocycles. The average Bonchev–Trinajstić information content (AvgIpc) is 2.67. The van der Waals surface area contributed by atoms with Gasteiger partial charge >= 0.3 is 0 Å². The van der Waals surface area contributed by atoms with Crippen molar-refractivity contribution in [1.82, 2.24) is 9.78 Å². The van der Waals surface area contributed by atoms with Gasteiger partial charge < -0.3 is 10.4 Å². The average molecular weight is 189 g/mol. The number of hydrogen-bond donors (Lipinski definition) is 2. The number of anilines is 1. The lowest BCUT2D eigenvalue weighted by Gasteiger charge is -2.06. The highest BCUT2D eigenvalue weighted by atomic mass is 16.3. The van der Waals surface area contributed by atoms with Gasteiger partial charge in [0.2, 0.25) is 0 Å². The van der Waals surface area contributed by atoms with Gasteiger partial charge in [0.1, 0.15) is 11.6 Å². The van der Waals surface area contributed by atoms with Gasteiger partial charge in [-0.2, -0.15) is 5.10 Å². The van der Waals surface area contributed by atoms with E-state index in [-0.39, 0.29) is 5.75 Å². The summed E-state index contributed by atoms with van der Waals surface area (Å²) < 4.78 is 1.76. The van der Waals surface area contributed by atoms with Crippen molar-refractivity contribution < 1.29 is 5.11 Å². The maximum Gasteiger partial charge on any atom is 0.129 e. The van der Waals surface area contributed by atoms with E-state index in [9.17, 15) is 0 Å². The number of hydrogen-bond acceptors (Lipinski definition) is 3. The molecule has 0 saturated heterocycles. The van der Waals surface area contributed by atoms with Crippen molar-refractivity contribution in [3.05, 3.63) is 36.5 Å². The number of nitrogens with one attached hydrogen (secondary N) is 1. The van der Waals surface area contributed by atoms with Crippen LogP contribution in [0.15, 0.2) is 36.5 Å². The van der Waals surface area contributed by atoms with Crippen LogP contribution in [0.5, 0.6) is 5.75 Å². The van der Waals surface area contributed by atoms with Crippen molar-refractivity contribution in [2.75, 3.05) is 12.4 Å². The van der Waals surface area contributed by atoms with Gasteiger partial charge in [-0.05, 0) is 24.3 Å². The molecule has 4 nitrogen and oxygen atoms in total. The minimum atomic E-state index is 0.256. The molecule has 72 valence electrons. The number of aromatic hydroxyl groups is 1. The Morgan fingerprint density at radius 1 is 1.21 bits per heavy atom. The zero-order valence-electron chi connectivity index (χ0n) is 7.81. The standard InChI is InChI=1S/C10H11N3O/c1-11-10-6-7-12-13(10)8-2-4-9(14)5-3-8/h2-7,11,14H,1H3. The first-order chi connectivity index (χ1) is 6.81. The molecule has 0 bridgehead atoms. The molecule has 4 heteroatoms. The zero-order valence-corrected chi connectivity index (χ0v) is 7.81. The molecular formula is C10H11N3O. The predicted molar refractivity (Wildman–Crippen MR) is 54.8 cm³/mol.